The summed E-state index contributed by atoms with van der Waals surface area (Å²) < 4.78 is 11.9. The summed E-state index contributed by atoms with van der Waals surface area (Å²) in [4.78, 5) is 17.9. The molecule has 5 nitrogen and oxygen atoms in total. The Balaban J connectivity index is 1.34. The molecule has 5 heteroatoms. The van der Waals surface area contributed by atoms with Gasteiger partial charge in [0.05, 0.1) is 18.3 Å². The Morgan fingerprint density at radius 1 is 1.21 bits per heavy atom. The van der Waals surface area contributed by atoms with Gasteiger partial charge < -0.3 is 14.1 Å². The number of carbonyl (C=O) groups excluding carboxylic acids is 1. The van der Waals surface area contributed by atoms with Gasteiger partial charge in [0.2, 0.25) is 5.91 Å². The number of hydrogen-bond donors (Lipinski definition) is 0. The highest BCUT2D eigenvalue weighted by molar-refractivity contribution is 5.87. The molecule has 0 N–H and O–H groups in total. The van der Waals surface area contributed by atoms with Crippen molar-refractivity contribution in [3.8, 4) is 0 Å². The molecule has 0 unspecified atom stereocenters. The van der Waals surface area contributed by atoms with Gasteiger partial charge in [-0.25, -0.2) is 0 Å². The van der Waals surface area contributed by atoms with Crippen molar-refractivity contribution in [1.82, 2.24) is 9.80 Å². The first kappa shape index (κ1) is 19.1. The Labute approximate surface area is 173 Å². The second-order valence-corrected chi connectivity index (χ2v) is 9.19. The van der Waals surface area contributed by atoms with E-state index >= 15 is 0 Å². The van der Waals surface area contributed by atoms with Gasteiger partial charge in [0, 0.05) is 36.7 Å². The fraction of sp³-hybridized carbons (Fsp3) is 0.625. The molecule has 1 aromatic carbocycles. The molecule has 3 fully saturated rings. The van der Waals surface area contributed by atoms with Crippen LogP contribution in [-0.4, -0.2) is 60.1 Å². The lowest BCUT2D eigenvalue weighted by Gasteiger charge is -2.48. The van der Waals surface area contributed by atoms with Crippen molar-refractivity contribution in [3.05, 3.63) is 36.1 Å². The van der Waals surface area contributed by atoms with E-state index in [1.807, 2.05) is 36.2 Å². The quantitative estimate of drug-likeness (QED) is 0.784. The zero-order chi connectivity index (χ0) is 19.8. The average Bonchev–Trinajstić information content (AvgIpc) is 3.50. The highest BCUT2D eigenvalue weighted by Gasteiger charge is 2.47. The van der Waals surface area contributed by atoms with Crippen molar-refractivity contribution in [2.24, 2.45) is 0 Å². The summed E-state index contributed by atoms with van der Waals surface area (Å²) in [5, 5.41) is 1.05. The summed E-state index contributed by atoms with van der Waals surface area (Å²) in [6, 6.07) is 8.65. The van der Waals surface area contributed by atoms with E-state index in [0.29, 0.717) is 12.5 Å². The lowest BCUT2D eigenvalue weighted by molar-refractivity contribution is -0.136. The van der Waals surface area contributed by atoms with Crippen molar-refractivity contribution < 1.29 is 13.9 Å². The van der Waals surface area contributed by atoms with Crippen LogP contribution < -0.4 is 0 Å². The number of furan rings is 1. The van der Waals surface area contributed by atoms with E-state index in [2.05, 4.69) is 4.90 Å². The fourth-order valence-corrected chi connectivity index (χ4v) is 5.88. The molecule has 2 saturated heterocycles. The third kappa shape index (κ3) is 3.59. The number of benzene rings is 1. The molecular weight excluding hydrogens is 364 g/mol. The van der Waals surface area contributed by atoms with Gasteiger partial charge in [0.25, 0.3) is 0 Å². The number of ether oxygens (including phenoxy) is 1. The van der Waals surface area contributed by atoms with Crippen LogP contribution in [0.1, 0.15) is 50.5 Å². The Hall–Kier alpha value is -1.85. The summed E-state index contributed by atoms with van der Waals surface area (Å²) >= 11 is 0. The standard InChI is InChI=1S/C24H32N2O3/c1-25(23(27)15-18-17-28-22-8-3-2-7-19(18)22)20-9-11-24(10-6-14-29-24)16-21(20)26-12-4-5-13-26/h2-3,7-8,17,20-21H,4-6,9-16H2,1H3/t20-,21-,24+/m1/s1. The molecule has 1 amide bonds. The molecule has 0 bridgehead atoms. The van der Waals surface area contributed by atoms with Crippen molar-refractivity contribution in [2.45, 2.75) is 69.1 Å². The third-order valence-electron chi connectivity index (χ3n) is 7.51. The highest BCUT2D eigenvalue weighted by Crippen LogP contribution is 2.43. The summed E-state index contributed by atoms with van der Waals surface area (Å²) in [7, 11) is 2.01. The third-order valence-corrected chi connectivity index (χ3v) is 7.51. The van der Waals surface area contributed by atoms with E-state index in [1.54, 1.807) is 6.26 Å². The summed E-state index contributed by atoms with van der Waals surface area (Å²) in [5.41, 5.74) is 1.90. The number of para-hydroxylation sites is 1. The van der Waals surface area contributed by atoms with Gasteiger partial charge in [-0.15, -0.1) is 0 Å². The lowest BCUT2D eigenvalue weighted by Crippen LogP contribution is -2.58. The molecular formula is C24H32N2O3. The Bertz CT molecular complexity index is 864. The topological polar surface area (TPSA) is 45.9 Å². The van der Waals surface area contributed by atoms with Crippen molar-refractivity contribution in [3.63, 3.8) is 0 Å². The van der Waals surface area contributed by atoms with Crippen LogP contribution in [0.4, 0.5) is 0 Å². The van der Waals surface area contributed by atoms with E-state index in [4.69, 9.17) is 9.15 Å². The molecule has 156 valence electrons. The molecule has 2 aliphatic heterocycles. The predicted molar refractivity (Wildman–Crippen MR) is 113 cm³/mol. The fourth-order valence-electron chi connectivity index (χ4n) is 5.88. The monoisotopic (exact) mass is 396 g/mol. The maximum Gasteiger partial charge on any atom is 0.227 e. The van der Waals surface area contributed by atoms with Crippen LogP contribution in [0.2, 0.25) is 0 Å². The predicted octanol–water partition coefficient (Wildman–Crippen LogP) is 4.00. The largest absolute Gasteiger partial charge is 0.464 e. The van der Waals surface area contributed by atoms with Gasteiger partial charge >= 0.3 is 0 Å². The zero-order valence-corrected chi connectivity index (χ0v) is 17.4. The lowest BCUT2D eigenvalue weighted by atomic mass is 9.76. The van der Waals surface area contributed by atoms with Gasteiger partial charge in [-0.1, -0.05) is 18.2 Å². The second-order valence-electron chi connectivity index (χ2n) is 9.19. The second kappa shape index (κ2) is 7.77. The SMILES string of the molecule is CN(C(=O)Cc1coc2ccccc12)[C@@H]1CC[C@@]2(CCCO2)C[C@H]1N1CCCC1. The molecule has 1 aliphatic carbocycles. The average molecular weight is 397 g/mol. The number of fused-ring (bicyclic) bond motifs is 1. The summed E-state index contributed by atoms with van der Waals surface area (Å²) in [5.74, 6) is 0.189. The number of rotatable bonds is 4. The van der Waals surface area contributed by atoms with E-state index in [0.717, 1.165) is 55.5 Å². The Morgan fingerprint density at radius 3 is 2.83 bits per heavy atom. The number of likely N-dealkylation sites (tertiary alicyclic amines) is 1. The molecule has 1 saturated carbocycles. The summed E-state index contributed by atoms with van der Waals surface area (Å²) in [6.45, 7) is 3.22. The van der Waals surface area contributed by atoms with Crippen molar-refractivity contribution in [1.29, 1.82) is 0 Å². The van der Waals surface area contributed by atoms with Crippen LogP contribution in [0, 0.1) is 0 Å². The maximum absolute atomic E-state index is 13.3. The molecule has 3 atom stereocenters. The maximum atomic E-state index is 13.3. The smallest absolute Gasteiger partial charge is 0.227 e. The number of nitrogens with zero attached hydrogens (tertiary/aromatic N) is 2. The van der Waals surface area contributed by atoms with Gasteiger partial charge in [-0.05, 0) is 64.1 Å². The normalized spacial score (nSPS) is 30.4. The molecule has 0 radical (unpaired) electrons. The van der Waals surface area contributed by atoms with Crippen LogP contribution >= 0.6 is 0 Å². The number of carbonyl (C=O) groups is 1. The molecule has 2 aromatic rings. The van der Waals surface area contributed by atoms with Gasteiger partial charge in [0.1, 0.15) is 5.58 Å². The number of likely N-dealkylation sites (N-methyl/N-ethyl adjacent to an activating group) is 1. The molecule has 1 aromatic heterocycles. The first-order valence-corrected chi connectivity index (χ1v) is 11.2. The zero-order valence-electron chi connectivity index (χ0n) is 17.4. The van der Waals surface area contributed by atoms with Crippen LogP contribution in [-0.2, 0) is 16.0 Å². The minimum absolute atomic E-state index is 0.0639. The molecule has 29 heavy (non-hydrogen) atoms. The van der Waals surface area contributed by atoms with Crippen LogP contribution in [0.3, 0.4) is 0 Å². The van der Waals surface area contributed by atoms with Crippen molar-refractivity contribution >= 4 is 16.9 Å². The number of hydrogen-bond acceptors (Lipinski definition) is 4. The van der Waals surface area contributed by atoms with Gasteiger partial charge in [0.15, 0.2) is 0 Å². The molecule has 3 aliphatic rings. The first-order valence-electron chi connectivity index (χ1n) is 11.2. The van der Waals surface area contributed by atoms with E-state index in [9.17, 15) is 4.79 Å². The highest BCUT2D eigenvalue weighted by atomic mass is 16.5. The minimum atomic E-state index is 0.0639. The molecule has 1 spiro atoms. The van der Waals surface area contributed by atoms with Gasteiger partial charge in [-0.2, -0.15) is 0 Å². The van der Waals surface area contributed by atoms with Crippen LogP contribution in [0.15, 0.2) is 34.9 Å². The van der Waals surface area contributed by atoms with E-state index in [-0.39, 0.29) is 17.6 Å². The Morgan fingerprint density at radius 2 is 2.03 bits per heavy atom. The number of amides is 1. The van der Waals surface area contributed by atoms with Gasteiger partial charge in [-0.3, -0.25) is 9.69 Å². The molecule has 5 rings (SSSR count). The Kier molecular flexibility index (Phi) is 5.12. The first-order chi connectivity index (χ1) is 14.2. The molecule has 3 heterocycles. The van der Waals surface area contributed by atoms with Crippen LogP contribution in [0.25, 0.3) is 11.0 Å². The summed E-state index contributed by atoms with van der Waals surface area (Å²) in [6.07, 6.45) is 10.2. The van der Waals surface area contributed by atoms with Crippen molar-refractivity contribution in [2.75, 3.05) is 26.7 Å². The van der Waals surface area contributed by atoms with E-state index < -0.39 is 0 Å². The minimum Gasteiger partial charge on any atom is -0.464 e. The van der Waals surface area contributed by atoms with Crippen LogP contribution in [0.5, 0.6) is 0 Å². The van der Waals surface area contributed by atoms with E-state index in [1.165, 1.54) is 25.7 Å².